The van der Waals surface area contributed by atoms with Crippen molar-refractivity contribution >= 4 is 22.6 Å². The molecule has 0 radical (unpaired) electrons. The van der Waals surface area contributed by atoms with Gasteiger partial charge in [-0.2, -0.15) is 5.10 Å². The van der Waals surface area contributed by atoms with Crippen LogP contribution in [0.2, 0.25) is 0 Å². The zero-order valence-corrected chi connectivity index (χ0v) is 19.1. The Kier molecular flexibility index (Phi) is 7.15. The first-order valence-electron chi connectivity index (χ1n) is 11.0. The normalized spacial score (nSPS) is 10.9. The maximum absolute atomic E-state index is 12.9. The smallest absolute Gasteiger partial charge is 0.269 e. The summed E-state index contributed by atoms with van der Waals surface area (Å²) in [6.45, 7) is 0.856. The molecule has 2 heterocycles. The van der Waals surface area contributed by atoms with Crippen LogP contribution < -0.4 is 15.6 Å². The highest BCUT2D eigenvalue weighted by molar-refractivity contribution is 5.76. The number of amides is 1. The van der Waals surface area contributed by atoms with E-state index in [-0.39, 0.29) is 23.7 Å². The number of nitro benzene ring substituents is 1. The fraction of sp³-hybridized carbons (Fsp3) is 0.250. The largest absolute Gasteiger partial charge is 0.497 e. The summed E-state index contributed by atoms with van der Waals surface area (Å²) in [5.41, 5.74) is 1.74. The zero-order chi connectivity index (χ0) is 24.8. The second-order valence-corrected chi connectivity index (χ2v) is 7.91. The predicted molar refractivity (Wildman–Crippen MR) is 128 cm³/mol. The van der Waals surface area contributed by atoms with E-state index in [4.69, 9.17) is 4.74 Å². The molecule has 1 N–H and O–H groups in total. The number of nitrogens with zero attached hydrogens (tertiary/aromatic N) is 5. The molecule has 11 nitrogen and oxygen atoms in total. The van der Waals surface area contributed by atoms with Crippen LogP contribution in [0.4, 0.5) is 5.69 Å². The minimum atomic E-state index is -0.477. The van der Waals surface area contributed by atoms with E-state index in [2.05, 4.69) is 15.4 Å². The third-order valence-electron chi connectivity index (χ3n) is 5.54. The van der Waals surface area contributed by atoms with Crippen LogP contribution in [-0.4, -0.2) is 43.8 Å². The number of aromatic nitrogens is 4. The fourth-order valence-electron chi connectivity index (χ4n) is 3.68. The van der Waals surface area contributed by atoms with Crippen LogP contribution in [0.3, 0.4) is 0 Å². The third kappa shape index (κ3) is 5.69. The lowest BCUT2D eigenvalue weighted by Crippen LogP contribution is -2.28. The molecule has 1 amide bonds. The predicted octanol–water partition coefficient (Wildman–Crippen LogP) is 2.31. The van der Waals surface area contributed by atoms with E-state index in [1.807, 2.05) is 24.3 Å². The molecule has 2 aromatic heterocycles. The van der Waals surface area contributed by atoms with Crippen LogP contribution in [-0.2, 0) is 24.3 Å². The molecule has 0 bridgehead atoms. The van der Waals surface area contributed by atoms with Gasteiger partial charge in [0, 0.05) is 25.1 Å². The molecule has 0 saturated carbocycles. The lowest BCUT2D eigenvalue weighted by atomic mass is 10.1. The van der Waals surface area contributed by atoms with Crippen LogP contribution in [0.25, 0.3) is 11.0 Å². The molecular formula is C24H24N6O5. The monoisotopic (exact) mass is 476 g/mol. The van der Waals surface area contributed by atoms with Crippen molar-refractivity contribution in [3.63, 3.8) is 0 Å². The van der Waals surface area contributed by atoms with Gasteiger partial charge >= 0.3 is 0 Å². The van der Waals surface area contributed by atoms with Crippen molar-refractivity contribution in [1.82, 2.24) is 24.6 Å². The summed E-state index contributed by atoms with van der Waals surface area (Å²) >= 11 is 0. The van der Waals surface area contributed by atoms with Crippen LogP contribution >= 0.6 is 0 Å². The Balaban J connectivity index is 1.34. The number of benzene rings is 2. The molecule has 0 aliphatic rings. The van der Waals surface area contributed by atoms with Gasteiger partial charge in [-0.25, -0.2) is 9.67 Å². The van der Waals surface area contributed by atoms with Gasteiger partial charge < -0.3 is 10.1 Å². The number of rotatable bonds is 10. The Labute approximate surface area is 200 Å². The topological polar surface area (TPSA) is 134 Å². The molecule has 4 aromatic rings. The van der Waals surface area contributed by atoms with E-state index in [0.717, 1.165) is 11.3 Å². The van der Waals surface area contributed by atoms with Gasteiger partial charge in [-0.05, 0) is 29.7 Å². The van der Waals surface area contributed by atoms with Crippen molar-refractivity contribution in [3.05, 3.63) is 92.7 Å². The Hall–Kier alpha value is -4.54. The third-order valence-corrected chi connectivity index (χ3v) is 5.54. The summed E-state index contributed by atoms with van der Waals surface area (Å²) < 4.78 is 8.08. The van der Waals surface area contributed by atoms with Crippen LogP contribution in [0.5, 0.6) is 5.75 Å². The van der Waals surface area contributed by atoms with Crippen molar-refractivity contribution in [2.45, 2.75) is 25.9 Å². The molecule has 0 fully saturated rings. The number of non-ortho nitro benzene ring substituents is 1. The second-order valence-electron chi connectivity index (χ2n) is 7.91. The summed E-state index contributed by atoms with van der Waals surface area (Å²) in [5, 5.41) is 18.4. The lowest BCUT2D eigenvalue weighted by molar-refractivity contribution is -0.384. The van der Waals surface area contributed by atoms with Crippen LogP contribution in [0.15, 0.2) is 65.8 Å². The Morgan fingerprint density at radius 1 is 1.17 bits per heavy atom. The van der Waals surface area contributed by atoms with E-state index >= 15 is 0 Å². The molecule has 0 spiro atoms. The van der Waals surface area contributed by atoms with Gasteiger partial charge in [-0.15, -0.1) is 0 Å². The van der Waals surface area contributed by atoms with E-state index < -0.39 is 4.92 Å². The average molecular weight is 476 g/mol. The molecule has 0 aliphatic heterocycles. The number of hydrogen-bond donors (Lipinski definition) is 1. The molecule has 0 unspecified atom stereocenters. The number of nitrogens with one attached hydrogen (secondary N) is 1. The molecular weight excluding hydrogens is 452 g/mol. The number of hydrogen-bond acceptors (Lipinski definition) is 7. The van der Waals surface area contributed by atoms with Gasteiger partial charge in [0.1, 0.15) is 17.5 Å². The maximum atomic E-state index is 12.9. The van der Waals surface area contributed by atoms with Crippen LogP contribution in [0, 0.1) is 10.1 Å². The minimum Gasteiger partial charge on any atom is -0.497 e. The average Bonchev–Trinajstić information content (AvgIpc) is 3.28. The first kappa shape index (κ1) is 23.6. The quantitative estimate of drug-likeness (QED) is 0.274. The molecule has 0 aliphatic carbocycles. The SMILES string of the molecule is COc1ccc(CCC(=O)NCCn2ncc3c(=O)n(Cc4cccc([N+](=O)[O-])c4)cnc32)cc1. The Bertz CT molecular complexity index is 1410. The van der Waals surface area contributed by atoms with Gasteiger partial charge in [-0.3, -0.25) is 24.3 Å². The molecule has 180 valence electrons. The number of carbonyl (C=O) groups is 1. The summed E-state index contributed by atoms with van der Waals surface area (Å²) in [6, 6.07) is 13.7. The van der Waals surface area contributed by atoms with Crippen molar-refractivity contribution in [3.8, 4) is 5.75 Å². The standard InChI is InChI=1S/C24H24N6O5/c1-35-20-8-5-17(6-9-20)7-10-22(31)25-11-12-29-23-21(14-27-29)24(32)28(16-26-23)15-18-3-2-4-19(13-18)30(33)34/h2-6,8-9,13-14,16H,7,10-12,15H2,1H3,(H,25,31). The van der Waals surface area contributed by atoms with E-state index in [0.29, 0.717) is 42.5 Å². The summed E-state index contributed by atoms with van der Waals surface area (Å²) in [6.07, 6.45) is 3.81. The van der Waals surface area contributed by atoms with Crippen molar-refractivity contribution in [1.29, 1.82) is 0 Å². The lowest BCUT2D eigenvalue weighted by Gasteiger charge is -2.08. The van der Waals surface area contributed by atoms with E-state index in [1.54, 1.807) is 23.9 Å². The highest BCUT2D eigenvalue weighted by Crippen LogP contribution is 2.15. The van der Waals surface area contributed by atoms with Crippen molar-refractivity contribution < 1.29 is 14.5 Å². The molecule has 0 atom stereocenters. The number of aryl methyl sites for hydroxylation is 1. The second kappa shape index (κ2) is 10.6. The fourth-order valence-corrected chi connectivity index (χ4v) is 3.68. The first-order valence-corrected chi connectivity index (χ1v) is 11.0. The Morgan fingerprint density at radius 2 is 1.97 bits per heavy atom. The molecule has 0 saturated heterocycles. The van der Waals surface area contributed by atoms with E-state index in [1.165, 1.54) is 29.2 Å². The summed E-state index contributed by atoms with van der Waals surface area (Å²) in [7, 11) is 1.61. The van der Waals surface area contributed by atoms with Gasteiger partial charge in [-0.1, -0.05) is 24.3 Å². The number of carbonyl (C=O) groups excluding carboxylic acids is 1. The number of methoxy groups -OCH3 is 1. The highest BCUT2D eigenvalue weighted by atomic mass is 16.6. The number of nitro groups is 1. The summed E-state index contributed by atoms with van der Waals surface area (Å²) in [4.78, 5) is 39.9. The zero-order valence-electron chi connectivity index (χ0n) is 19.1. The van der Waals surface area contributed by atoms with Gasteiger partial charge in [0.2, 0.25) is 5.91 Å². The molecule has 11 heteroatoms. The highest BCUT2D eigenvalue weighted by Gasteiger charge is 2.12. The first-order chi connectivity index (χ1) is 16.9. The van der Waals surface area contributed by atoms with Gasteiger partial charge in [0.15, 0.2) is 5.65 Å². The van der Waals surface area contributed by atoms with Crippen molar-refractivity contribution in [2.75, 3.05) is 13.7 Å². The number of fused-ring (bicyclic) bond motifs is 1. The maximum Gasteiger partial charge on any atom is 0.269 e. The van der Waals surface area contributed by atoms with Gasteiger partial charge in [0.25, 0.3) is 11.2 Å². The van der Waals surface area contributed by atoms with Crippen molar-refractivity contribution in [2.24, 2.45) is 0 Å². The summed E-state index contributed by atoms with van der Waals surface area (Å²) in [5.74, 6) is 0.693. The molecule has 2 aromatic carbocycles. The Morgan fingerprint density at radius 3 is 2.71 bits per heavy atom. The van der Waals surface area contributed by atoms with Gasteiger partial charge in [0.05, 0.1) is 31.3 Å². The molecule has 35 heavy (non-hydrogen) atoms. The van der Waals surface area contributed by atoms with Crippen LogP contribution in [0.1, 0.15) is 17.5 Å². The number of ether oxygens (including phenoxy) is 1. The minimum absolute atomic E-state index is 0.0385. The van der Waals surface area contributed by atoms with E-state index in [9.17, 15) is 19.7 Å². The molecule has 4 rings (SSSR count).